The minimum atomic E-state index is -1.64. The van der Waals surface area contributed by atoms with Crippen molar-refractivity contribution in [2.45, 2.75) is 45.3 Å². The fourth-order valence-corrected chi connectivity index (χ4v) is 2.83. The van der Waals surface area contributed by atoms with Crippen molar-refractivity contribution in [3.63, 3.8) is 0 Å². The summed E-state index contributed by atoms with van der Waals surface area (Å²) in [6, 6.07) is 3.60. The molecule has 0 aliphatic rings. The Bertz CT molecular complexity index is 481. The molecule has 0 bridgehead atoms. The Morgan fingerprint density at radius 3 is 2.45 bits per heavy atom. The van der Waals surface area contributed by atoms with Crippen molar-refractivity contribution in [1.29, 1.82) is 0 Å². The van der Waals surface area contributed by atoms with Crippen LogP contribution in [-0.2, 0) is 4.43 Å². The van der Waals surface area contributed by atoms with Gasteiger partial charge in [-0.3, -0.25) is 0 Å². The molecule has 0 spiro atoms. The average molecular weight is 332 g/mol. The van der Waals surface area contributed by atoms with Gasteiger partial charge in [0.05, 0.1) is 0 Å². The maximum Gasteiger partial charge on any atom is 0.191 e. The van der Waals surface area contributed by atoms with Crippen molar-refractivity contribution < 1.29 is 4.43 Å². The Morgan fingerprint density at radius 1 is 1.25 bits per heavy atom. The second-order valence-corrected chi connectivity index (χ2v) is 11.9. The molecule has 0 N–H and O–H groups in total. The van der Waals surface area contributed by atoms with E-state index in [0.717, 1.165) is 18.6 Å². The molecule has 0 atom stereocenters. The fraction of sp³-hybridized carbons (Fsp3) is 0.533. The first-order chi connectivity index (χ1) is 9.13. The lowest BCUT2D eigenvalue weighted by Crippen LogP contribution is -2.40. The number of pyridine rings is 1. The highest BCUT2D eigenvalue weighted by molar-refractivity contribution is 6.74. The van der Waals surface area contributed by atoms with Gasteiger partial charge in [-0.15, -0.1) is 0 Å². The summed E-state index contributed by atoms with van der Waals surface area (Å²) in [5.74, 6) is 0. The topological polar surface area (TPSA) is 22.1 Å². The average Bonchev–Trinajstić information content (AvgIpc) is 2.29. The van der Waals surface area contributed by atoms with Crippen molar-refractivity contribution in [2.75, 3.05) is 6.61 Å². The zero-order valence-corrected chi connectivity index (χ0v) is 15.3. The number of nitrogens with zero attached hydrogens (tertiary/aromatic N) is 1. The highest BCUT2D eigenvalue weighted by atomic mass is 35.5. The Morgan fingerprint density at radius 2 is 1.90 bits per heavy atom. The van der Waals surface area contributed by atoms with Crippen molar-refractivity contribution >= 4 is 37.6 Å². The highest BCUT2D eigenvalue weighted by Gasteiger charge is 2.36. The molecule has 1 aromatic rings. The third-order valence-corrected chi connectivity index (χ3v) is 8.75. The van der Waals surface area contributed by atoms with E-state index in [9.17, 15) is 0 Å². The summed E-state index contributed by atoms with van der Waals surface area (Å²) in [7, 11) is -1.64. The SMILES string of the molecule is CC(C)(C)[Si](C)(C)OCC/C=C/c1ccc(Cl)nc1Cl. The minimum absolute atomic E-state index is 0.250. The molecule has 1 rings (SSSR count). The van der Waals surface area contributed by atoms with Crippen LogP contribution in [0, 0.1) is 0 Å². The molecule has 0 unspecified atom stereocenters. The van der Waals surface area contributed by atoms with Gasteiger partial charge in [-0.2, -0.15) is 0 Å². The molecule has 0 aliphatic carbocycles. The Kier molecular flexibility index (Phi) is 6.26. The van der Waals surface area contributed by atoms with E-state index >= 15 is 0 Å². The lowest BCUT2D eigenvalue weighted by atomic mass is 10.2. The van der Waals surface area contributed by atoms with Crippen LogP contribution in [-0.4, -0.2) is 19.9 Å². The molecule has 0 radical (unpaired) electrons. The standard InChI is InChI=1S/C15H23Cl2NOSi/c1-15(2,3)20(4,5)19-11-7-6-8-12-9-10-13(16)18-14(12)17/h6,8-10H,7,11H2,1-5H3/b8-6+. The Labute approximate surface area is 133 Å². The van der Waals surface area contributed by atoms with Crippen LogP contribution in [0.15, 0.2) is 18.2 Å². The van der Waals surface area contributed by atoms with Gasteiger partial charge in [-0.05, 0) is 36.7 Å². The second kappa shape index (κ2) is 7.08. The van der Waals surface area contributed by atoms with E-state index in [1.807, 2.05) is 12.1 Å². The number of aromatic nitrogens is 1. The van der Waals surface area contributed by atoms with Crippen LogP contribution in [0.3, 0.4) is 0 Å². The molecule has 1 heterocycles. The predicted molar refractivity (Wildman–Crippen MR) is 91.1 cm³/mol. The number of hydrogen-bond donors (Lipinski definition) is 0. The smallest absolute Gasteiger partial charge is 0.191 e. The number of hydrogen-bond acceptors (Lipinski definition) is 2. The first-order valence-corrected chi connectivity index (χ1v) is 10.4. The lowest BCUT2D eigenvalue weighted by molar-refractivity contribution is 0.294. The van der Waals surface area contributed by atoms with E-state index in [1.54, 1.807) is 6.07 Å². The molecule has 0 aromatic carbocycles. The van der Waals surface area contributed by atoms with Crippen LogP contribution in [0.2, 0.25) is 28.4 Å². The van der Waals surface area contributed by atoms with E-state index < -0.39 is 8.32 Å². The van der Waals surface area contributed by atoms with Crippen LogP contribution >= 0.6 is 23.2 Å². The highest BCUT2D eigenvalue weighted by Crippen LogP contribution is 2.36. The summed E-state index contributed by atoms with van der Waals surface area (Å²) in [4.78, 5) is 4.00. The van der Waals surface area contributed by atoms with Gasteiger partial charge in [0.25, 0.3) is 0 Å². The van der Waals surface area contributed by atoms with Crippen molar-refractivity contribution in [3.8, 4) is 0 Å². The molecule has 20 heavy (non-hydrogen) atoms. The molecule has 0 amide bonds. The maximum absolute atomic E-state index is 6.10. The zero-order valence-electron chi connectivity index (χ0n) is 12.8. The molecule has 0 aliphatic heterocycles. The van der Waals surface area contributed by atoms with E-state index in [4.69, 9.17) is 27.6 Å². The third kappa shape index (κ3) is 5.21. The molecular formula is C15H23Cl2NOSi. The van der Waals surface area contributed by atoms with Gasteiger partial charge in [0, 0.05) is 12.2 Å². The Hall–Kier alpha value is -0.353. The molecule has 0 fully saturated rings. The molecular weight excluding hydrogens is 309 g/mol. The summed E-state index contributed by atoms with van der Waals surface area (Å²) in [6.45, 7) is 12.0. The monoisotopic (exact) mass is 331 g/mol. The van der Waals surface area contributed by atoms with E-state index in [0.29, 0.717) is 10.3 Å². The van der Waals surface area contributed by atoms with Gasteiger partial charge in [-0.1, -0.05) is 56.1 Å². The van der Waals surface area contributed by atoms with Crippen LogP contribution < -0.4 is 0 Å². The summed E-state index contributed by atoms with van der Waals surface area (Å²) < 4.78 is 6.10. The number of halogens is 2. The van der Waals surface area contributed by atoms with Crippen molar-refractivity contribution in [2.24, 2.45) is 0 Å². The zero-order chi connectivity index (χ0) is 15.4. The van der Waals surface area contributed by atoms with Gasteiger partial charge in [-0.25, -0.2) is 4.98 Å². The summed E-state index contributed by atoms with van der Waals surface area (Å²) in [6.07, 6.45) is 4.88. The first kappa shape index (κ1) is 17.7. The van der Waals surface area contributed by atoms with Crippen LogP contribution in [0.25, 0.3) is 6.08 Å². The largest absolute Gasteiger partial charge is 0.417 e. The molecule has 5 heteroatoms. The molecule has 112 valence electrons. The van der Waals surface area contributed by atoms with Crippen molar-refractivity contribution in [3.05, 3.63) is 34.1 Å². The van der Waals surface area contributed by atoms with Crippen LogP contribution in [0.5, 0.6) is 0 Å². The van der Waals surface area contributed by atoms with Crippen LogP contribution in [0.4, 0.5) is 0 Å². The van der Waals surface area contributed by atoms with Gasteiger partial charge < -0.3 is 4.43 Å². The summed E-state index contributed by atoms with van der Waals surface area (Å²) >= 11 is 11.8. The van der Waals surface area contributed by atoms with Gasteiger partial charge in [0.2, 0.25) is 0 Å². The van der Waals surface area contributed by atoms with E-state index in [-0.39, 0.29) is 5.04 Å². The van der Waals surface area contributed by atoms with Gasteiger partial charge in [0.1, 0.15) is 10.3 Å². The number of rotatable bonds is 5. The molecule has 1 aromatic heterocycles. The van der Waals surface area contributed by atoms with Crippen molar-refractivity contribution in [1.82, 2.24) is 4.98 Å². The van der Waals surface area contributed by atoms with E-state index in [2.05, 4.69) is 44.9 Å². The lowest BCUT2D eigenvalue weighted by Gasteiger charge is -2.36. The van der Waals surface area contributed by atoms with Crippen LogP contribution in [0.1, 0.15) is 32.8 Å². The quantitative estimate of drug-likeness (QED) is 0.385. The molecule has 0 saturated carbocycles. The predicted octanol–water partition coefficient (Wildman–Crippen LogP) is 5.81. The molecule has 2 nitrogen and oxygen atoms in total. The second-order valence-electron chi connectivity index (χ2n) is 6.31. The van der Waals surface area contributed by atoms with Gasteiger partial charge in [0.15, 0.2) is 8.32 Å². The van der Waals surface area contributed by atoms with Gasteiger partial charge >= 0.3 is 0 Å². The first-order valence-electron chi connectivity index (χ1n) is 6.76. The Balaban J connectivity index is 2.47. The minimum Gasteiger partial charge on any atom is -0.417 e. The third-order valence-electron chi connectivity index (χ3n) is 3.69. The van der Waals surface area contributed by atoms with E-state index in [1.165, 1.54) is 0 Å². The summed E-state index contributed by atoms with van der Waals surface area (Å²) in [5, 5.41) is 1.09. The normalized spacial score (nSPS) is 13.2. The fourth-order valence-electron chi connectivity index (χ4n) is 1.36. The molecule has 0 saturated heterocycles. The summed E-state index contributed by atoms with van der Waals surface area (Å²) in [5.41, 5.74) is 0.878. The maximum atomic E-state index is 6.10.